The number of carbonyl (C=O) groups excluding carboxylic acids is 1. The molecule has 1 saturated carbocycles. The molecule has 3 aromatic rings. The Morgan fingerprint density at radius 1 is 1.10 bits per heavy atom. The van der Waals surface area contributed by atoms with Gasteiger partial charge in [0.15, 0.2) is 0 Å². The highest BCUT2D eigenvalue weighted by atomic mass is 79.9. The Kier molecular flexibility index (Phi) is 4.72. The van der Waals surface area contributed by atoms with E-state index in [4.69, 9.17) is 13.9 Å². The predicted octanol–water partition coefficient (Wildman–Crippen LogP) is 6.07. The summed E-state index contributed by atoms with van der Waals surface area (Å²) in [5.41, 5.74) is 2.68. The number of allylic oxidation sites excluding steroid dienone is 1. The molecule has 1 fully saturated rings. The van der Waals surface area contributed by atoms with Crippen LogP contribution < -0.4 is 0 Å². The smallest absolute Gasteiger partial charge is 0.274 e. The third-order valence-corrected chi connectivity index (χ3v) is 6.02. The average Bonchev–Trinajstić information content (AvgIpc) is 3.48. The minimum Gasteiger partial charge on any atom is -0.467 e. The van der Waals surface area contributed by atoms with Gasteiger partial charge in [0.1, 0.15) is 17.6 Å². The first-order valence-corrected chi connectivity index (χ1v) is 10.5. The molecule has 146 valence electrons. The Morgan fingerprint density at radius 3 is 2.62 bits per heavy atom. The second-order valence-corrected chi connectivity index (χ2v) is 8.20. The van der Waals surface area contributed by atoms with Gasteiger partial charge in [0.25, 0.3) is 5.91 Å². The topological polar surface area (TPSA) is 59.0 Å². The Labute approximate surface area is 176 Å². The fourth-order valence-electron chi connectivity index (χ4n) is 4.18. The van der Waals surface area contributed by atoms with Crippen LogP contribution in [0.2, 0.25) is 0 Å². The highest BCUT2D eigenvalue weighted by Crippen LogP contribution is 2.45. The van der Waals surface area contributed by atoms with E-state index in [9.17, 15) is 4.79 Å². The maximum absolute atomic E-state index is 13.4. The van der Waals surface area contributed by atoms with E-state index in [0.717, 1.165) is 46.5 Å². The lowest BCUT2D eigenvalue weighted by molar-refractivity contribution is 0.0656. The van der Waals surface area contributed by atoms with Crippen molar-refractivity contribution < 1.29 is 13.6 Å². The zero-order valence-electron chi connectivity index (χ0n) is 15.6. The Balaban J connectivity index is 1.56. The summed E-state index contributed by atoms with van der Waals surface area (Å²) in [6.07, 6.45) is 8.27. The minimum atomic E-state index is -0.239. The minimum absolute atomic E-state index is 0.107. The second-order valence-electron chi connectivity index (χ2n) is 7.29. The quantitative estimate of drug-likeness (QED) is 0.486. The highest BCUT2D eigenvalue weighted by molar-refractivity contribution is 9.10. The van der Waals surface area contributed by atoms with Crippen molar-refractivity contribution in [2.24, 2.45) is 11.0 Å². The molecule has 2 aromatic heterocycles. The molecule has 5 nitrogen and oxygen atoms in total. The molecule has 0 saturated heterocycles. The van der Waals surface area contributed by atoms with Gasteiger partial charge in [-0.1, -0.05) is 15.9 Å². The molecule has 3 heterocycles. The van der Waals surface area contributed by atoms with Crippen molar-refractivity contribution in [2.45, 2.75) is 25.3 Å². The molecule has 1 aliphatic heterocycles. The van der Waals surface area contributed by atoms with Crippen molar-refractivity contribution in [3.8, 4) is 0 Å². The molecule has 1 amide bonds. The molecule has 1 aliphatic carbocycles. The zero-order valence-corrected chi connectivity index (χ0v) is 17.2. The highest BCUT2D eigenvalue weighted by Gasteiger charge is 2.45. The van der Waals surface area contributed by atoms with Crippen LogP contribution in [-0.2, 0) is 0 Å². The van der Waals surface area contributed by atoms with Crippen molar-refractivity contribution in [3.05, 3.63) is 88.2 Å². The fourth-order valence-corrected chi connectivity index (χ4v) is 4.44. The van der Waals surface area contributed by atoms with Crippen molar-refractivity contribution >= 4 is 33.6 Å². The average molecular weight is 451 g/mol. The summed E-state index contributed by atoms with van der Waals surface area (Å²) < 4.78 is 12.2. The van der Waals surface area contributed by atoms with E-state index in [1.54, 1.807) is 17.5 Å². The molecule has 0 spiro atoms. The van der Waals surface area contributed by atoms with Crippen LogP contribution in [0.3, 0.4) is 0 Å². The lowest BCUT2D eigenvalue weighted by atomic mass is 9.79. The molecule has 6 heteroatoms. The summed E-state index contributed by atoms with van der Waals surface area (Å²) in [6, 6.07) is 14.7. The van der Waals surface area contributed by atoms with Gasteiger partial charge in [0.2, 0.25) is 0 Å². The first-order valence-electron chi connectivity index (χ1n) is 9.66. The van der Waals surface area contributed by atoms with Gasteiger partial charge in [-0.2, -0.15) is 5.10 Å². The zero-order chi connectivity index (χ0) is 19.8. The van der Waals surface area contributed by atoms with Crippen LogP contribution in [0.15, 0.2) is 85.0 Å². The number of benzene rings is 1. The molecule has 2 aliphatic rings. The fraction of sp³-hybridized carbons (Fsp3) is 0.217. The van der Waals surface area contributed by atoms with Gasteiger partial charge in [0, 0.05) is 16.0 Å². The predicted molar refractivity (Wildman–Crippen MR) is 113 cm³/mol. The summed E-state index contributed by atoms with van der Waals surface area (Å²) in [7, 11) is 0. The van der Waals surface area contributed by atoms with Crippen LogP contribution in [0.25, 0.3) is 6.08 Å². The molecule has 0 radical (unpaired) electrons. The third-order valence-electron chi connectivity index (χ3n) is 5.50. The summed E-state index contributed by atoms with van der Waals surface area (Å²) in [6.45, 7) is 0. The summed E-state index contributed by atoms with van der Waals surface area (Å²) in [5, 5.41) is 6.43. The van der Waals surface area contributed by atoms with E-state index in [1.165, 1.54) is 0 Å². The maximum atomic E-state index is 13.4. The molecule has 5 rings (SSSR count). The van der Waals surface area contributed by atoms with Crippen molar-refractivity contribution in [2.75, 3.05) is 0 Å². The second kappa shape index (κ2) is 7.52. The number of carbonyl (C=O) groups is 1. The van der Waals surface area contributed by atoms with Crippen LogP contribution >= 0.6 is 15.9 Å². The van der Waals surface area contributed by atoms with Crippen LogP contribution in [0.5, 0.6) is 0 Å². The van der Waals surface area contributed by atoms with Gasteiger partial charge in [-0.15, -0.1) is 0 Å². The normalized spacial score (nSPS) is 22.6. The Bertz CT molecular complexity index is 1070. The summed E-state index contributed by atoms with van der Waals surface area (Å²) in [4.78, 5) is 13.4. The largest absolute Gasteiger partial charge is 0.467 e. The number of nitrogens with zero attached hydrogens (tertiary/aromatic N) is 2. The number of hydrazone groups is 1. The number of hydrogen-bond acceptors (Lipinski definition) is 4. The van der Waals surface area contributed by atoms with Gasteiger partial charge in [0.05, 0.1) is 18.2 Å². The molecule has 0 N–H and O–H groups in total. The van der Waals surface area contributed by atoms with E-state index in [1.807, 2.05) is 54.6 Å². The molecule has 0 bridgehead atoms. The molecule has 2 unspecified atom stereocenters. The van der Waals surface area contributed by atoms with E-state index < -0.39 is 0 Å². The molecular formula is C23H19BrN2O3. The van der Waals surface area contributed by atoms with Gasteiger partial charge < -0.3 is 8.83 Å². The number of furan rings is 2. The molecular weight excluding hydrogens is 432 g/mol. The van der Waals surface area contributed by atoms with Crippen LogP contribution in [-0.4, -0.2) is 16.6 Å². The van der Waals surface area contributed by atoms with Crippen LogP contribution in [0.4, 0.5) is 0 Å². The third kappa shape index (κ3) is 3.38. The summed E-state index contributed by atoms with van der Waals surface area (Å²) in [5.74, 6) is 1.54. The lowest BCUT2D eigenvalue weighted by Crippen LogP contribution is -2.31. The van der Waals surface area contributed by atoms with Crippen LogP contribution in [0.1, 0.15) is 47.2 Å². The van der Waals surface area contributed by atoms with Crippen LogP contribution in [0, 0.1) is 5.92 Å². The van der Waals surface area contributed by atoms with E-state index in [2.05, 4.69) is 15.9 Å². The molecule has 1 aromatic carbocycles. The van der Waals surface area contributed by atoms with Gasteiger partial charge >= 0.3 is 0 Å². The molecule has 2 atom stereocenters. The van der Waals surface area contributed by atoms with Crippen molar-refractivity contribution in [1.29, 1.82) is 0 Å². The Hall–Kier alpha value is -2.86. The number of amides is 1. The number of hydrogen-bond donors (Lipinski definition) is 0. The first kappa shape index (κ1) is 18.2. The Morgan fingerprint density at radius 2 is 1.90 bits per heavy atom. The number of rotatable bonds is 3. The van der Waals surface area contributed by atoms with E-state index >= 15 is 0 Å². The standard InChI is InChI=1S/C23H19BrN2O3/c24-17-10-8-15(9-11-17)23(27)26-22(20-7-3-13-29-20)19-6-1-4-16(21(19)25-26)14-18-5-2-12-28-18/h2-3,5,7-14,19,22H,1,4,6H2/b16-14+. The maximum Gasteiger partial charge on any atom is 0.274 e. The van der Waals surface area contributed by atoms with Gasteiger partial charge in [-0.05, 0) is 79.4 Å². The van der Waals surface area contributed by atoms with E-state index in [-0.39, 0.29) is 17.9 Å². The van der Waals surface area contributed by atoms with Crippen molar-refractivity contribution in [1.82, 2.24) is 5.01 Å². The number of halogens is 1. The monoisotopic (exact) mass is 450 g/mol. The SMILES string of the molecule is O=C(c1ccc(Br)cc1)N1N=C2/C(=C/c3ccco3)CCCC2C1c1ccco1. The van der Waals surface area contributed by atoms with E-state index in [0.29, 0.717) is 5.56 Å². The van der Waals surface area contributed by atoms with Crippen molar-refractivity contribution in [3.63, 3.8) is 0 Å². The van der Waals surface area contributed by atoms with Gasteiger partial charge in [-0.25, -0.2) is 5.01 Å². The molecule has 29 heavy (non-hydrogen) atoms. The number of fused-ring (bicyclic) bond motifs is 1. The lowest BCUT2D eigenvalue weighted by Gasteiger charge is -2.27. The first-order chi connectivity index (χ1) is 14.2. The summed E-state index contributed by atoms with van der Waals surface area (Å²) >= 11 is 3.42. The van der Waals surface area contributed by atoms with Gasteiger partial charge in [-0.3, -0.25) is 4.79 Å².